The molecule has 1 atom stereocenters. The maximum atomic E-state index is 12.2. The monoisotopic (exact) mass is 387 g/mol. The highest BCUT2D eigenvalue weighted by atomic mass is 79.9. The molecule has 2 aromatic rings. The van der Waals surface area contributed by atoms with Gasteiger partial charge in [0.25, 0.3) is 0 Å². The second-order valence-electron chi connectivity index (χ2n) is 5.80. The lowest BCUT2D eigenvalue weighted by Gasteiger charge is -2.17. The van der Waals surface area contributed by atoms with Crippen LogP contribution in [0.15, 0.2) is 53.0 Å². The van der Waals surface area contributed by atoms with E-state index < -0.39 is 0 Å². The lowest BCUT2D eigenvalue weighted by molar-refractivity contribution is -0.117. The van der Waals surface area contributed by atoms with Crippen molar-refractivity contribution in [2.75, 3.05) is 16.8 Å². The van der Waals surface area contributed by atoms with Gasteiger partial charge in [-0.15, -0.1) is 0 Å². The zero-order valence-corrected chi connectivity index (χ0v) is 14.8. The second-order valence-corrected chi connectivity index (χ2v) is 6.71. The van der Waals surface area contributed by atoms with E-state index in [1.165, 1.54) is 0 Å². The Morgan fingerprint density at radius 3 is 2.67 bits per heavy atom. The van der Waals surface area contributed by atoms with Crippen LogP contribution in [0.2, 0.25) is 0 Å². The van der Waals surface area contributed by atoms with Crippen molar-refractivity contribution < 1.29 is 9.59 Å². The Kier molecular flexibility index (Phi) is 4.85. The van der Waals surface area contributed by atoms with Crippen LogP contribution in [-0.4, -0.2) is 24.5 Å². The molecule has 6 heteroatoms. The van der Waals surface area contributed by atoms with Crippen molar-refractivity contribution in [3.8, 4) is 0 Å². The molecule has 1 aliphatic heterocycles. The number of halogens is 1. The van der Waals surface area contributed by atoms with Gasteiger partial charge in [0, 0.05) is 28.8 Å². The summed E-state index contributed by atoms with van der Waals surface area (Å²) >= 11 is 3.40. The summed E-state index contributed by atoms with van der Waals surface area (Å²) in [5.41, 5.74) is 2.57. The number of carbonyl (C=O) groups is 2. The Hall–Kier alpha value is -2.34. The van der Waals surface area contributed by atoms with E-state index in [0.29, 0.717) is 13.0 Å². The van der Waals surface area contributed by atoms with Crippen LogP contribution in [-0.2, 0) is 4.79 Å². The zero-order chi connectivity index (χ0) is 17.1. The zero-order valence-electron chi connectivity index (χ0n) is 13.3. The largest absolute Gasteiger partial charge is 0.333 e. The number of rotatable bonds is 3. The molecule has 0 saturated carbocycles. The summed E-state index contributed by atoms with van der Waals surface area (Å²) in [4.78, 5) is 26.1. The Morgan fingerprint density at radius 1 is 1.21 bits per heavy atom. The predicted octanol–water partition coefficient (Wildman–Crippen LogP) is 3.68. The summed E-state index contributed by atoms with van der Waals surface area (Å²) in [6.45, 7) is 2.41. The molecule has 124 valence electrons. The van der Waals surface area contributed by atoms with Gasteiger partial charge in [-0.05, 0) is 42.8 Å². The number of para-hydroxylation sites is 1. The first kappa shape index (κ1) is 16.5. The van der Waals surface area contributed by atoms with Crippen molar-refractivity contribution >= 4 is 39.2 Å². The van der Waals surface area contributed by atoms with E-state index >= 15 is 0 Å². The lowest BCUT2D eigenvalue weighted by atomic mass is 10.2. The summed E-state index contributed by atoms with van der Waals surface area (Å²) in [6, 6.07) is 14.6. The molecule has 5 nitrogen and oxygen atoms in total. The van der Waals surface area contributed by atoms with Gasteiger partial charge in [-0.3, -0.25) is 4.79 Å². The molecule has 0 radical (unpaired) electrons. The Bertz CT molecular complexity index is 764. The molecule has 3 rings (SSSR count). The highest BCUT2D eigenvalue weighted by Gasteiger charge is 2.31. The number of benzene rings is 2. The molecule has 0 bridgehead atoms. The van der Waals surface area contributed by atoms with Crippen molar-refractivity contribution in [1.82, 2.24) is 5.32 Å². The third kappa shape index (κ3) is 3.76. The number of hydrogen-bond acceptors (Lipinski definition) is 2. The molecule has 2 aromatic carbocycles. The number of aryl methyl sites for hydroxylation is 1. The predicted molar refractivity (Wildman–Crippen MR) is 98.2 cm³/mol. The average Bonchev–Trinajstić information content (AvgIpc) is 2.91. The molecule has 1 heterocycles. The van der Waals surface area contributed by atoms with Crippen molar-refractivity contribution in [3.05, 3.63) is 58.6 Å². The summed E-state index contributed by atoms with van der Waals surface area (Å²) in [5.74, 6) is 0.0197. The standard InChI is InChI=1S/C18H18BrN3O2/c1-12-9-13(19)7-8-16(12)21-18(24)20-14-10-17(23)22(11-14)15-5-3-2-4-6-15/h2-9,14H,10-11H2,1H3,(H2,20,21,24)/t14-/m0/s1. The van der Waals surface area contributed by atoms with Crippen molar-refractivity contribution in [3.63, 3.8) is 0 Å². The molecular formula is C18H18BrN3O2. The number of nitrogens with zero attached hydrogens (tertiary/aromatic N) is 1. The SMILES string of the molecule is Cc1cc(Br)ccc1NC(=O)N[C@H]1CC(=O)N(c2ccccc2)C1. The minimum Gasteiger partial charge on any atom is -0.333 e. The molecule has 1 fully saturated rings. The molecule has 0 unspecified atom stereocenters. The van der Waals surface area contributed by atoms with Crippen LogP contribution in [0.1, 0.15) is 12.0 Å². The van der Waals surface area contributed by atoms with Gasteiger partial charge in [-0.25, -0.2) is 4.79 Å². The van der Waals surface area contributed by atoms with E-state index in [1.54, 1.807) is 4.90 Å². The molecule has 24 heavy (non-hydrogen) atoms. The van der Waals surface area contributed by atoms with Crippen molar-refractivity contribution in [2.24, 2.45) is 0 Å². The van der Waals surface area contributed by atoms with Gasteiger partial charge in [-0.2, -0.15) is 0 Å². The van der Waals surface area contributed by atoms with Gasteiger partial charge in [0.1, 0.15) is 0 Å². The first-order chi connectivity index (χ1) is 11.5. The van der Waals surface area contributed by atoms with Crippen LogP contribution >= 0.6 is 15.9 Å². The van der Waals surface area contributed by atoms with Crippen LogP contribution in [0.5, 0.6) is 0 Å². The normalized spacial score (nSPS) is 17.0. The summed E-state index contributed by atoms with van der Waals surface area (Å²) in [5, 5.41) is 5.71. The number of carbonyl (C=O) groups excluding carboxylic acids is 2. The van der Waals surface area contributed by atoms with Crippen LogP contribution < -0.4 is 15.5 Å². The molecule has 3 amide bonds. The fraction of sp³-hybridized carbons (Fsp3) is 0.222. The highest BCUT2D eigenvalue weighted by molar-refractivity contribution is 9.10. The fourth-order valence-corrected chi connectivity index (χ4v) is 3.25. The van der Waals surface area contributed by atoms with Crippen molar-refractivity contribution in [2.45, 2.75) is 19.4 Å². The first-order valence-electron chi connectivity index (χ1n) is 7.72. The smallest absolute Gasteiger partial charge is 0.319 e. The van der Waals surface area contributed by atoms with E-state index in [1.807, 2.05) is 55.5 Å². The maximum absolute atomic E-state index is 12.2. The second kappa shape index (κ2) is 7.05. The van der Waals surface area contributed by atoms with E-state index in [2.05, 4.69) is 26.6 Å². The van der Waals surface area contributed by atoms with E-state index in [9.17, 15) is 9.59 Å². The van der Waals surface area contributed by atoms with E-state index in [0.717, 1.165) is 21.4 Å². The Morgan fingerprint density at radius 2 is 1.96 bits per heavy atom. The molecule has 0 aliphatic carbocycles. The van der Waals surface area contributed by atoms with Gasteiger partial charge >= 0.3 is 6.03 Å². The Balaban J connectivity index is 1.60. The number of anilines is 2. The molecule has 1 saturated heterocycles. The van der Waals surface area contributed by atoms with Crippen molar-refractivity contribution in [1.29, 1.82) is 0 Å². The third-order valence-corrected chi connectivity index (χ3v) is 4.46. The maximum Gasteiger partial charge on any atom is 0.319 e. The summed E-state index contributed by atoms with van der Waals surface area (Å²) in [6.07, 6.45) is 0.307. The highest BCUT2D eigenvalue weighted by Crippen LogP contribution is 2.22. The topological polar surface area (TPSA) is 61.4 Å². The minimum absolute atomic E-state index is 0.0197. The summed E-state index contributed by atoms with van der Waals surface area (Å²) in [7, 11) is 0. The third-order valence-electron chi connectivity index (χ3n) is 3.96. The fourth-order valence-electron chi connectivity index (χ4n) is 2.77. The quantitative estimate of drug-likeness (QED) is 0.843. The average molecular weight is 388 g/mol. The van der Waals surface area contributed by atoms with Gasteiger partial charge in [0.05, 0.1) is 6.04 Å². The number of hydrogen-bond donors (Lipinski definition) is 2. The van der Waals surface area contributed by atoms with Crippen LogP contribution in [0, 0.1) is 6.92 Å². The van der Waals surface area contributed by atoms with Gasteiger partial charge < -0.3 is 15.5 Å². The van der Waals surface area contributed by atoms with Gasteiger partial charge in [0.2, 0.25) is 5.91 Å². The van der Waals surface area contributed by atoms with E-state index in [4.69, 9.17) is 0 Å². The number of amides is 3. The lowest BCUT2D eigenvalue weighted by Crippen LogP contribution is -2.39. The van der Waals surface area contributed by atoms with Crippen LogP contribution in [0.3, 0.4) is 0 Å². The van der Waals surface area contributed by atoms with Crippen LogP contribution in [0.4, 0.5) is 16.2 Å². The van der Waals surface area contributed by atoms with Gasteiger partial charge in [-0.1, -0.05) is 34.1 Å². The van der Waals surface area contributed by atoms with Crippen LogP contribution in [0.25, 0.3) is 0 Å². The molecule has 0 aromatic heterocycles. The number of nitrogens with one attached hydrogen (secondary N) is 2. The Labute approximate surface area is 149 Å². The summed E-state index contributed by atoms with van der Waals surface area (Å²) < 4.78 is 0.964. The molecule has 2 N–H and O–H groups in total. The number of urea groups is 1. The van der Waals surface area contributed by atoms with Gasteiger partial charge in [0.15, 0.2) is 0 Å². The molecule has 0 spiro atoms. The molecule has 1 aliphatic rings. The molecular weight excluding hydrogens is 370 g/mol. The minimum atomic E-state index is -0.298. The van der Waals surface area contributed by atoms with E-state index in [-0.39, 0.29) is 18.0 Å². The first-order valence-corrected chi connectivity index (χ1v) is 8.51.